The molecule has 1 amide bonds. The van der Waals surface area contributed by atoms with Gasteiger partial charge in [0.25, 0.3) is 5.91 Å². The fourth-order valence-electron chi connectivity index (χ4n) is 3.57. The number of aryl methyl sites for hydroxylation is 3. The highest BCUT2D eigenvalue weighted by molar-refractivity contribution is 6.06. The van der Waals surface area contributed by atoms with Crippen LogP contribution < -0.4 is 4.90 Å². The summed E-state index contributed by atoms with van der Waals surface area (Å²) in [5.41, 5.74) is 7.81. The molecule has 1 aliphatic rings. The molecule has 2 aromatic carbocycles. The van der Waals surface area contributed by atoms with Gasteiger partial charge in [-0.05, 0) is 60.4 Å². The summed E-state index contributed by atoms with van der Waals surface area (Å²) in [7, 11) is 2.07. The molecule has 1 aromatic heterocycles. The molecule has 1 aliphatic heterocycles. The van der Waals surface area contributed by atoms with E-state index in [0.717, 1.165) is 23.2 Å². The number of benzene rings is 2. The molecule has 0 aliphatic carbocycles. The first-order chi connectivity index (χ1) is 12.0. The van der Waals surface area contributed by atoms with E-state index in [-0.39, 0.29) is 5.91 Å². The van der Waals surface area contributed by atoms with E-state index in [1.807, 2.05) is 35.2 Å². The SMILES string of the molecule is Cc1ccc(C(=O)N2Cc3ccn(C)c3Cc3ccccc32)cc1C. The molecule has 0 saturated heterocycles. The normalized spacial score (nSPS) is 13.2. The second-order valence-electron chi connectivity index (χ2n) is 6.89. The zero-order valence-electron chi connectivity index (χ0n) is 14.9. The first kappa shape index (κ1) is 15.7. The van der Waals surface area contributed by atoms with Crippen LogP contribution in [-0.2, 0) is 20.0 Å². The highest BCUT2D eigenvalue weighted by Crippen LogP contribution is 2.32. The largest absolute Gasteiger partial charge is 0.354 e. The Balaban J connectivity index is 1.82. The summed E-state index contributed by atoms with van der Waals surface area (Å²) in [5.74, 6) is 0.0623. The van der Waals surface area contributed by atoms with E-state index in [1.54, 1.807) is 0 Å². The third-order valence-electron chi connectivity index (χ3n) is 5.26. The van der Waals surface area contributed by atoms with Gasteiger partial charge in [-0.25, -0.2) is 0 Å². The number of aromatic nitrogens is 1. The molecule has 3 aromatic rings. The Hall–Kier alpha value is -2.81. The van der Waals surface area contributed by atoms with Gasteiger partial charge in [-0.2, -0.15) is 0 Å². The van der Waals surface area contributed by atoms with Crippen LogP contribution in [0.4, 0.5) is 5.69 Å². The number of rotatable bonds is 1. The summed E-state index contributed by atoms with van der Waals surface area (Å²) >= 11 is 0. The maximum Gasteiger partial charge on any atom is 0.258 e. The van der Waals surface area contributed by atoms with Crippen LogP contribution >= 0.6 is 0 Å². The van der Waals surface area contributed by atoms with Gasteiger partial charge in [0.15, 0.2) is 0 Å². The quantitative estimate of drug-likeness (QED) is 0.649. The van der Waals surface area contributed by atoms with Gasteiger partial charge in [-0.3, -0.25) is 4.79 Å². The number of amides is 1. The van der Waals surface area contributed by atoms with E-state index >= 15 is 0 Å². The number of hydrogen-bond donors (Lipinski definition) is 0. The first-order valence-corrected chi connectivity index (χ1v) is 8.64. The van der Waals surface area contributed by atoms with Crippen LogP contribution in [0.15, 0.2) is 54.7 Å². The lowest BCUT2D eigenvalue weighted by atomic mass is 10.0. The molecule has 0 fully saturated rings. The summed E-state index contributed by atoms with van der Waals surface area (Å²) in [4.78, 5) is 15.2. The number of para-hydroxylation sites is 1. The molecule has 0 bridgehead atoms. The summed E-state index contributed by atoms with van der Waals surface area (Å²) in [6, 6.07) is 16.3. The van der Waals surface area contributed by atoms with Crippen LogP contribution in [0.1, 0.15) is 38.3 Å². The highest BCUT2D eigenvalue weighted by Gasteiger charge is 2.26. The molecule has 4 rings (SSSR count). The van der Waals surface area contributed by atoms with Crippen LogP contribution in [0.5, 0.6) is 0 Å². The monoisotopic (exact) mass is 330 g/mol. The number of carbonyl (C=O) groups is 1. The van der Waals surface area contributed by atoms with E-state index in [9.17, 15) is 4.79 Å². The van der Waals surface area contributed by atoms with Crippen molar-refractivity contribution in [3.8, 4) is 0 Å². The molecule has 3 nitrogen and oxygen atoms in total. The second kappa shape index (κ2) is 5.92. The Morgan fingerprint density at radius 2 is 1.76 bits per heavy atom. The number of nitrogens with zero attached hydrogens (tertiary/aromatic N) is 2. The van der Waals surface area contributed by atoms with Crippen molar-refractivity contribution in [3.63, 3.8) is 0 Å². The van der Waals surface area contributed by atoms with Crippen molar-refractivity contribution in [3.05, 3.63) is 88.2 Å². The van der Waals surface area contributed by atoms with Crippen molar-refractivity contribution in [2.75, 3.05) is 4.90 Å². The third-order valence-corrected chi connectivity index (χ3v) is 5.26. The maximum atomic E-state index is 13.3. The molecule has 126 valence electrons. The van der Waals surface area contributed by atoms with Gasteiger partial charge in [0, 0.05) is 36.6 Å². The van der Waals surface area contributed by atoms with Crippen LogP contribution in [0.25, 0.3) is 0 Å². The van der Waals surface area contributed by atoms with Crippen molar-refractivity contribution >= 4 is 11.6 Å². The van der Waals surface area contributed by atoms with E-state index in [0.29, 0.717) is 6.54 Å². The average molecular weight is 330 g/mol. The molecule has 0 saturated carbocycles. The van der Waals surface area contributed by atoms with Crippen LogP contribution in [0, 0.1) is 13.8 Å². The van der Waals surface area contributed by atoms with Gasteiger partial charge < -0.3 is 9.47 Å². The highest BCUT2D eigenvalue weighted by atomic mass is 16.2. The zero-order chi connectivity index (χ0) is 17.6. The molecule has 0 radical (unpaired) electrons. The molecular weight excluding hydrogens is 308 g/mol. The Labute approximate surface area is 148 Å². The predicted molar refractivity (Wildman–Crippen MR) is 101 cm³/mol. The van der Waals surface area contributed by atoms with Crippen LogP contribution in [0.2, 0.25) is 0 Å². The molecule has 2 heterocycles. The topological polar surface area (TPSA) is 25.2 Å². The van der Waals surface area contributed by atoms with Crippen molar-refractivity contribution in [2.24, 2.45) is 7.05 Å². The van der Waals surface area contributed by atoms with Crippen LogP contribution in [-0.4, -0.2) is 10.5 Å². The van der Waals surface area contributed by atoms with Crippen LogP contribution in [0.3, 0.4) is 0 Å². The maximum absolute atomic E-state index is 13.3. The molecule has 0 spiro atoms. The van der Waals surface area contributed by atoms with E-state index in [2.05, 4.69) is 49.9 Å². The smallest absolute Gasteiger partial charge is 0.258 e. The molecule has 3 heteroatoms. The lowest BCUT2D eigenvalue weighted by molar-refractivity contribution is 0.0985. The van der Waals surface area contributed by atoms with Crippen molar-refractivity contribution in [2.45, 2.75) is 26.8 Å². The summed E-state index contributed by atoms with van der Waals surface area (Å²) in [5, 5.41) is 0. The van der Waals surface area contributed by atoms with E-state index < -0.39 is 0 Å². The minimum absolute atomic E-state index is 0.0623. The summed E-state index contributed by atoms with van der Waals surface area (Å²) in [6.45, 7) is 4.73. The minimum atomic E-state index is 0.0623. The zero-order valence-corrected chi connectivity index (χ0v) is 14.9. The Morgan fingerprint density at radius 1 is 0.960 bits per heavy atom. The average Bonchev–Trinajstić information content (AvgIpc) is 2.86. The van der Waals surface area contributed by atoms with Gasteiger partial charge in [-0.15, -0.1) is 0 Å². The predicted octanol–water partition coefficient (Wildman–Crippen LogP) is 4.39. The van der Waals surface area contributed by atoms with E-state index in [1.165, 1.54) is 22.4 Å². The first-order valence-electron chi connectivity index (χ1n) is 8.64. The lowest BCUT2D eigenvalue weighted by Crippen LogP contribution is -2.30. The van der Waals surface area contributed by atoms with Crippen molar-refractivity contribution in [1.29, 1.82) is 0 Å². The van der Waals surface area contributed by atoms with Gasteiger partial charge in [0.1, 0.15) is 0 Å². The van der Waals surface area contributed by atoms with E-state index in [4.69, 9.17) is 0 Å². The molecule has 25 heavy (non-hydrogen) atoms. The van der Waals surface area contributed by atoms with Crippen molar-refractivity contribution in [1.82, 2.24) is 4.57 Å². The summed E-state index contributed by atoms with van der Waals surface area (Å²) < 4.78 is 2.16. The molecular formula is C22H22N2O. The number of hydrogen-bond acceptors (Lipinski definition) is 1. The number of anilines is 1. The van der Waals surface area contributed by atoms with Crippen molar-refractivity contribution < 1.29 is 4.79 Å². The minimum Gasteiger partial charge on any atom is -0.354 e. The van der Waals surface area contributed by atoms with Gasteiger partial charge >= 0.3 is 0 Å². The molecule has 0 unspecified atom stereocenters. The van der Waals surface area contributed by atoms with Gasteiger partial charge in [0.05, 0.1) is 6.54 Å². The second-order valence-corrected chi connectivity index (χ2v) is 6.89. The molecule has 0 N–H and O–H groups in total. The fourth-order valence-corrected chi connectivity index (χ4v) is 3.57. The Bertz CT molecular complexity index is 968. The lowest BCUT2D eigenvalue weighted by Gasteiger charge is -2.23. The molecule has 0 atom stereocenters. The number of carbonyl (C=O) groups excluding carboxylic acids is 1. The summed E-state index contributed by atoms with van der Waals surface area (Å²) in [6.07, 6.45) is 2.93. The van der Waals surface area contributed by atoms with Gasteiger partial charge in [-0.1, -0.05) is 24.3 Å². The Morgan fingerprint density at radius 3 is 2.56 bits per heavy atom. The number of fused-ring (bicyclic) bond motifs is 2. The Kier molecular flexibility index (Phi) is 3.72. The standard InChI is InChI=1S/C22H22N2O/c1-15-8-9-18(12-16(15)2)22(25)24-14-19-10-11-23(3)21(19)13-17-6-4-5-7-20(17)24/h4-12H,13-14H2,1-3H3. The fraction of sp³-hybridized carbons (Fsp3) is 0.227. The van der Waals surface area contributed by atoms with Gasteiger partial charge in [0.2, 0.25) is 0 Å². The third kappa shape index (κ3) is 2.66.